The molecule has 4 aromatic heterocycles. The van der Waals surface area contributed by atoms with E-state index in [2.05, 4.69) is 25.4 Å². The Labute approximate surface area is 182 Å². The van der Waals surface area contributed by atoms with Gasteiger partial charge in [0.25, 0.3) is 0 Å². The second-order valence-electron chi connectivity index (χ2n) is 10.2. The Morgan fingerprint density at radius 1 is 1.22 bits per heavy atom. The summed E-state index contributed by atoms with van der Waals surface area (Å²) < 4.78 is 3.52. The average molecular weight is 432 g/mol. The SMILES string of the molecule is Cc1cc2ncnn2cc1Nc1ncc2[nH]c(=O)n(C34CC5CC(CC(O)(C5)C3)C4)c2n1. The van der Waals surface area contributed by atoms with E-state index in [4.69, 9.17) is 4.98 Å². The molecule has 10 nitrogen and oxygen atoms in total. The van der Waals surface area contributed by atoms with Crippen molar-refractivity contribution in [2.75, 3.05) is 5.32 Å². The maximum Gasteiger partial charge on any atom is 0.328 e. The summed E-state index contributed by atoms with van der Waals surface area (Å²) in [5.41, 5.74) is 2.57. The standard InChI is InChI=1S/C22H24N8O2/c1-12-2-17-24-11-25-29(17)9-16(12)26-19-23-8-15-18(28-19)30(20(31)27-15)21-4-13-3-14(5-21)7-22(32,6-13)10-21/h2,8-9,11,13-14,32H,3-7,10H2,1H3,(H,27,31)(H,23,26,28). The number of hydrogen-bond acceptors (Lipinski definition) is 7. The first kappa shape index (κ1) is 18.3. The highest BCUT2D eigenvalue weighted by Crippen LogP contribution is 2.60. The van der Waals surface area contributed by atoms with Crippen LogP contribution >= 0.6 is 0 Å². The molecule has 4 aliphatic rings. The molecule has 4 heterocycles. The largest absolute Gasteiger partial charge is 0.390 e. The number of aryl methyl sites for hydroxylation is 1. The second-order valence-corrected chi connectivity index (χ2v) is 10.2. The van der Waals surface area contributed by atoms with Crippen LogP contribution in [-0.4, -0.2) is 44.8 Å². The van der Waals surface area contributed by atoms with Gasteiger partial charge >= 0.3 is 5.69 Å². The summed E-state index contributed by atoms with van der Waals surface area (Å²) in [5, 5.41) is 18.7. The lowest BCUT2D eigenvalue weighted by molar-refractivity contribution is -0.156. The van der Waals surface area contributed by atoms with E-state index in [0.717, 1.165) is 49.0 Å². The Morgan fingerprint density at radius 3 is 2.81 bits per heavy atom. The Hall–Kier alpha value is -3.27. The van der Waals surface area contributed by atoms with Crippen molar-refractivity contribution in [3.05, 3.63) is 40.8 Å². The molecule has 10 heteroatoms. The summed E-state index contributed by atoms with van der Waals surface area (Å²) in [6.07, 6.45) is 10.4. The minimum Gasteiger partial charge on any atom is -0.390 e. The molecule has 4 aromatic rings. The highest BCUT2D eigenvalue weighted by Gasteiger charge is 2.58. The van der Waals surface area contributed by atoms with Crippen LogP contribution in [0, 0.1) is 18.8 Å². The van der Waals surface area contributed by atoms with Gasteiger partial charge in [-0.05, 0) is 68.9 Å². The van der Waals surface area contributed by atoms with Gasteiger partial charge in [0.2, 0.25) is 5.95 Å². The molecule has 0 spiro atoms. The summed E-state index contributed by atoms with van der Waals surface area (Å²) >= 11 is 0. The van der Waals surface area contributed by atoms with Crippen molar-refractivity contribution in [1.29, 1.82) is 0 Å². The first-order valence-corrected chi connectivity index (χ1v) is 11.2. The molecule has 0 radical (unpaired) electrons. The van der Waals surface area contributed by atoms with Crippen molar-refractivity contribution < 1.29 is 5.11 Å². The molecular formula is C22H24N8O2. The van der Waals surface area contributed by atoms with Gasteiger partial charge in [-0.25, -0.2) is 19.3 Å². The number of nitrogens with zero attached hydrogens (tertiary/aromatic N) is 6. The van der Waals surface area contributed by atoms with Gasteiger partial charge in [0.15, 0.2) is 11.3 Å². The molecule has 0 aliphatic heterocycles. The van der Waals surface area contributed by atoms with Crippen LogP contribution in [0.3, 0.4) is 0 Å². The van der Waals surface area contributed by atoms with E-state index in [-0.39, 0.29) is 11.2 Å². The number of aromatic nitrogens is 7. The van der Waals surface area contributed by atoms with Crippen molar-refractivity contribution in [2.24, 2.45) is 11.8 Å². The van der Waals surface area contributed by atoms with Gasteiger partial charge in [-0.2, -0.15) is 10.1 Å². The number of nitrogens with one attached hydrogen (secondary N) is 2. The number of fused-ring (bicyclic) bond motifs is 2. The molecule has 0 amide bonds. The molecule has 3 N–H and O–H groups in total. The predicted octanol–water partition coefficient (Wildman–Crippen LogP) is 2.25. The van der Waals surface area contributed by atoms with Crippen LogP contribution < -0.4 is 11.0 Å². The first-order valence-electron chi connectivity index (χ1n) is 11.2. The van der Waals surface area contributed by atoms with Crippen LogP contribution in [0.1, 0.15) is 44.1 Å². The summed E-state index contributed by atoms with van der Waals surface area (Å²) in [5.74, 6) is 1.35. The normalized spacial score (nSPS) is 31.1. The van der Waals surface area contributed by atoms with E-state index in [9.17, 15) is 9.90 Å². The minimum atomic E-state index is -0.661. The fourth-order valence-corrected chi connectivity index (χ4v) is 7.04. The highest BCUT2D eigenvalue weighted by atomic mass is 16.3. The molecule has 2 atom stereocenters. The molecule has 0 aromatic carbocycles. The Balaban J connectivity index is 1.33. The first-order chi connectivity index (χ1) is 15.4. The van der Waals surface area contributed by atoms with Crippen LogP contribution in [0.15, 0.2) is 29.6 Å². The van der Waals surface area contributed by atoms with Crippen molar-refractivity contribution in [3.8, 4) is 0 Å². The number of anilines is 2. The third-order valence-electron chi connectivity index (χ3n) is 7.77. The van der Waals surface area contributed by atoms with Crippen LogP contribution in [0.25, 0.3) is 16.8 Å². The topological polar surface area (TPSA) is 126 Å². The number of H-pyrrole nitrogens is 1. The number of aromatic amines is 1. The molecule has 4 aliphatic carbocycles. The van der Waals surface area contributed by atoms with Crippen molar-refractivity contribution in [2.45, 2.75) is 56.6 Å². The van der Waals surface area contributed by atoms with Gasteiger partial charge in [0.05, 0.1) is 29.2 Å². The summed E-state index contributed by atoms with van der Waals surface area (Å²) in [6, 6.07) is 1.94. The van der Waals surface area contributed by atoms with Gasteiger partial charge in [0.1, 0.15) is 11.8 Å². The molecule has 8 rings (SSSR count). The fourth-order valence-electron chi connectivity index (χ4n) is 7.04. The lowest BCUT2D eigenvalue weighted by Crippen LogP contribution is -2.61. The number of rotatable bonds is 3. The molecule has 4 bridgehead atoms. The quantitative estimate of drug-likeness (QED) is 0.453. The maximum atomic E-state index is 13.1. The molecule has 4 fully saturated rings. The van der Waals surface area contributed by atoms with E-state index < -0.39 is 5.60 Å². The zero-order chi connectivity index (χ0) is 21.7. The van der Waals surface area contributed by atoms with Crippen molar-refractivity contribution in [3.63, 3.8) is 0 Å². The minimum absolute atomic E-state index is 0.169. The highest BCUT2D eigenvalue weighted by molar-refractivity contribution is 5.72. The number of pyridine rings is 1. The second kappa shape index (κ2) is 5.94. The monoisotopic (exact) mass is 432 g/mol. The lowest BCUT2D eigenvalue weighted by Gasteiger charge is -2.60. The van der Waals surface area contributed by atoms with E-state index in [1.807, 2.05) is 23.8 Å². The Bertz CT molecular complexity index is 1440. The third kappa shape index (κ3) is 2.52. The van der Waals surface area contributed by atoms with Gasteiger partial charge in [0, 0.05) is 0 Å². The Morgan fingerprint density at radius 2 is 2.03 bits per heavy atom. The van der Waals surface area contributed by atoms with Gasteiger partial charge in [-0.3, -0.25) is 4.57 Å². The van der Waals surface area contributed by atoms with Crippen LogP contribution in [-0.2, 0) is 5.54 Å². The number of aliphatic hydroxyl groups is 1. The number of imidazole rings is 1. The molecule has 32 heavy (non-hydrogen) atoms. The summed E-state index contributed by atoms with van der Waals surface area (Å²) in [7, 11) is 0. The lowest BCUT2D eigenvalue weighted by atomic mass is 9.51. The molecule has 0 saturated heterocycles. The van der Waals surface area contributed by atoms with E-state index in [1.54, 1.807) is 10.7 Å². The smallest absolute Gasteiger partial charge is 0.328 e. The number of hydrogen-bond donors (Lipinski definition) is 3. The molecule has 2 unspecified atom stereocenters. The zero-order valence-corrected chi connectivity index (χ0v) is 17.7. The molecular weight excluding hydrogens is 408 g/mol. The zero-order valence-electron chi connectivity index (χ0n) is 17.7. The van der Waals surface area contributed by atoms with E-state index in [1.165, 1.54) is 6.33 Å². The summed E-state index contributed by atoms with van der Waals surface area (Å²) in [6.45, 7) is 1.98. The van der Waals surface area contributed by atoms with Crippen LogP contribution in [0.2, 0.25) is 0 Å². The fraction of sp³-hybridized carbons (Fsp3) is 0.500. The Kier molecular flexibility index (Phi) is 3.40. The van der Waals surface area contributed by atoms with Gasteiger partial charge in [-0.15, -0.1) is 0 Å². The van der Waals surface area contributed by atoms with Crippen molar-refractivity contribution >= 4 is 28.4 Å². The predicted molar refractivity (Wildman–Crippen MR) is 117 cm³/mol. The van der Waals surface area contributed by atoms with E-state index >= 15 is 0 Å². The maximum absolute atomic E-state index is 13.1. The summed E-state index contributed by atoms with van der Waals surface area (Å²) in [4.78, 5) is 29.5. The van der Waals surface area contributed by atoms with Crippen molar-refractivity contribution in [1.82, 2.24) is 34.1 Å². The van der Waals surface area contributed by atoms with Crippen LogP contribution in [0.5, 0.6) is 0 Å². The molecule has 4 saturated carbocycles. The molecule has 164 valence electrons. The average Bonchev–Trinajstić information content (AvgIpc) is 3.29. The van der Waals surface area contributed by atoms with Gasteiger partial charge in [-0.1, -0.05) is 0 Å². The third-order valence-corrected chi connectivity index (χ3v) is 7.77. The van der Waals surface area contributed by atoms with Gasteiger partial charge < -0.3 is 15.4 Å². The van der Waals surface area contributed by atoms with E-state index in [0.29, 0.717) is 35.4 Å². The van der Waals surface area contributed by atoms with Crippen LogP contribution in [0.4, 0.5) is 11.6 Å².